The highest BCUT2D eigenvalue weighted by Gasteiger charge is 1.92. The number of rotatable bonds is 0. The van der Waals surface area contributed by atoms with Crippen molar-refractivity contribution in [1.29, 1.82) is 0 Å². The van der Waals surface area contributed by atoms with Crippen LogP contribution in [0.3, 0.4) is 0 Å². The fraction of sp³-hybridized carbons (Fsp3) is 0. The van der Waals surface area contributed by atoms with E-state index in [1.54, 1.807) is 0 Å². The third kappa shape index (κ3) is 2.81. The standard InChI is InChI=1S/C12H4S/c1-3-5-7-11-9-10-12(13-11)8-6-4-2/h1-2,9-10H. The quantitative estimate of drug-likeness (QED) is 0.533. The number of hydrogen-bond donors (Lipinski definition) is 0. The molecule has 1 aromatic rings. The van der Waals surface area contributed by atoms with Crippen LogP contribution < -0.4 is 0 Å². The molecule has 0 fully saturated rings. The summed E-state index contributed by atoms with van der Waals surface area (Å²) in [4.78, 5) is 1.80. The molecule has 0 aromatic carbocycles. The maximum atomic E-state index is 4.99. The Morgan fingerprint density at radius 1 is 0.923 bits per heavy atom. The van der Waals surface area contributed by atoms with Gasteiger partial charge >= 0.3 is 0 Å². The van der Waals surface area contributed by atoms with Crippen molar-refractivity contribution in [2.75, 3.05) is 0 Å². The minimum Gasteiger partial charge on any atom is -0.118 e. The van der Waals surface area contributed by atoms with Crippen molar-refractivity contribution >= 4 is 11.3 Å². The molecule has 0 aliphatic carbocycles. The number of terminal acetylenes is 2. The van der Waals surface area contributed by atoms with E-state index in [0.717, 1.165) is 9.75 Å². The highest BCUT2D eigenvalue weighted by atomic mass is 32.1. The van der Waals surface area contributed by atoms with E-state index in [-0.39, 0.29) is 0 Å². The van der Waals surface area contributed by atoms with Crippen LogP contribution in [-0.4, -0.2) is 0 Å². The molecule has 0 amide bonds. The van der Waals surface area contributed by atoms with E-state index >= 15 is 0 Å². The molecule has 0 spiro atoms. The molecule has 1 heterocycles. The van der Waals surface area contributed by atoms with Crippen LogP contribution in [0, 0.1) is 48.4 Å². The molecule has 0 nitrogen and oxygen atoms in total. The van der Waals surface area contributed by atoms with Crippen molar-refractivity contribution in [3.63, 3.8) is 0 Å². The first kappa shape index (κ1) is 9.03. The van der Waals surface area contributed by atoms with Crippen LogP contribution >= 0.6 is 11.3 Å². The summed E-state index contributed by atoms with van der Waals surface area (Å²) in [5.74, 6) is 15.2. The summed E-state index contributed by atoms with van der Waals surface area (Å²) in [7, 11) is 0. The van der Waals surface area contributed by atoms with Crippen molar-refractivity contribution in [3.8, 4) is 48.4 Å². The first-order valence-electron chi connectivity index (χ1n) is 3.40. The average molecular weight is 180 g/mol. The predicted molar refractivity (Wildman–Crippen MR) is 55.7 cm³/mol. The lowest BCUT2D eigenvalue weighted by Gasteiger charge is -1.73. The molecular formula is C12H4S. The van der Waals surface area contributed by atoms with Gasteiger partial charge in [-0.15, -0.1) is 24.2 Å². The van der Waals surface area contributed by atoms with Crippen LogP contribution in [0.25, 0.3) is 0 Å². The Bertz CT molecular complexity index is 449. The van der Waals surface area contributed by atoms with Gasteiger partial charge in [0.1, 0.15) is 0 Å². The molecule has 0 N–H and O–H groups in total. The molecule has 1 heteroatoms. The second kappa shape index (κ2) is 4.74. The summed E-state index contributed by atoms with van der Waals surface area (Å²) in [6, 6.07) is 3.74. The Morgan fingerprint density at radius 2 is 1.38 bits per heavy atom. The van der Waals surface area contributed by atoms with Gasteiger partial charge in [0.25, 0.3) is 0 Å². The Balaban J connectivity index is 2.90. The third-order valence-electron chi connectivity index (χ3n) is 1.12. The van der Waals surface area contributed by atoms with Crippen molar-refractivity contribution < 1.29 is 0 Å². The van der Waals surface area contributed by atoms with Crippen LogP contribution in [-0.2, 0) is 0 Å². The maximum Gasteiger partial charge on any atom is 0.0792 e. The van der Waals surface area contributed by atoms with E-state index in [1.807, 2.05) is 12.1 Å². The van der Waals surface area contributed by atoms with Gasteiger partial charge in [-0.25, -0.2) is 0 Å². The van der Waals surface area contributed by atoms with E-state index in [0.29, 0.717) is 0 Å². The molecule has 0 saturated heterocycles. The zero-order chi connectivity index (χ0) is 9.52. The normalized spacial score (nSPS) is 6.62. The second-order valence-electron chi connectivity index (χ2n) is 1.95. The van der Waals surface area contributed by atoms with Gasteiger partial charge in [-0.05, 0) is 47.7 Å². The first-order valence-corrected chi connectivity index (χ1v) is 4.21. The van der Waals surface area contributed by atoms with Crippen molar-refractivity contribution in [2.45, 2.75) is 0 Å². The molecule has 0 unspecified atom stereocenters. The number of hydrogen-bond acceptors (Lipinski definition) is 1. The zero-order valence-electron chi connectivity index (χ0n) is 6.72. The van der Waals surface area contributed by atoms with Crippen LogP contribution in [0.2, 0.25) is 0 Å². The molecule has 0 bridgehead atoms. The van der Waals surface area contributed by atoms with E-state index in [9.17, 15) is 0 Å². The predicted octanol–water partition coefficient (Wildman–Crippen LogP) is 1.72. The molecule has 0 saturated carbocycles. The Morgan fingerprint density at radius 3 is 1.77 bits per heavy atom. The van der Waals surface area contributed by atoms with Crippen LogP contribution in [0.15, 0.2) is 12.1 Å². The number of thiophene rings is 1. The minimum absolute atomic E-state index is 0.902. The first-order chi connectivity index (χ1) is 6.36. The highest BCUT2D eigenvalue weighted by Crippen LogP contribution is 2.13. The van der Waals surface area contributed by atoms with Gasteiger partial charge in [-0.2, -0.15) is 0 Å². The molecule has 0 aliphatic heterocycles. The monoisotopic (exact) mass is 180 g/mol. The second-order valence-corrected chi connectivity index (χ2v) is 3.04. The fourth-order valence-corrected chi connectivity index (χ4v) is 1.38. The summed E-state index contributed by atoms with van der Waals surface area (Å²) >= 11 is 1.47. The Hall–Kier alpha value is -2.06. The van der Waals surface area contributed by atoms with Crippen molar-refractivity contribution in [3.05, 3.63) is 21.9 Å². The topological polar surface area (TPSA) is 0 Å². The summed E-state index contributed by atoms with van der Waals surface area (Å²) < 4.78 is 0. The zero-order valence-corrected chi connectivity index (χ0v) is 7.53. The largest absolute Gasteiger partial charge is 0.118 e. The summed E-state index contributed by atoms with van der Waals surface area (Å²) in [5, 5.41) is 0. The Labute approximate surface area is 82.0 Å². The lowest BCUT2D eigenvalue weighted by atomic mass is 10.4. The van der Waals surface area contributed by atoms with Gasteiger partial charge in [0.15, 0.2) is 0 Å². The molecule has 1 aromatic heterocycles. The van der Waals surface area contributed by atoms with Crippen LogP contribution in [0.4, 0.5) is 0 Å². The van der Waals surface area contributed by atoms with E-state index in [4.69, 9.17) is 12.8 Å². The lowest BCUT2D eigenvalue weighted by molar-refractivity contribution is 1.90. The van der Waals surface area contributed by atoms with Crippen molar-refractivity contribution in [2.24, 2.45) is 0 Å². The van der Waals surface area contributed by atoms with Crippen molar-refractivity contribution in [1.82, 2.24) is 0 Å². The fourth-order valence-electron chi connectivity index (χ4n) is 0.668. The van der Waals surface area contributed by atoms with Crippen LogP contribution in [0.5, 0.6) is 0 Å². The van der Waals surface area contributed by atoms with Crippen LogP contribution in [0.1, 0.15) is 9.75 Å². The molecule has 0 aliphatic rings. The van der Waals surface area contributed by atoms with E-state index in [2.05, 4.69) is 35.5 Å². The molecular weight excluding hydrogens is 176 g/mol. The van der Waals surface area contributed by atoms with E-state index in [1.165, 1.54) is 11.3 Å². The van der Waals surface area contributed by atoms with Gasteiger partial charge < -0.3 is 0 Å². The van der Waals surface area contributed by atoms with Gasteiger partial charge in [-0.3, -0.25) is 0 Å². The van der Waals surface area contributed by atoms with Gasteiger partial charge in [-0.1, -0.05) is 0 Å². The maximum absolute atomic E-state index is 4.99. The molecule has 1 rings (SSSR count). The smallest absolute Gasteiger partial charge is 0.0792 e. The van der Waals surface area contributed by atoms with E-state index < -0.39 is 0 Å². The lowest BCUT2D eigenvalue weighted by Crippen LogP contribution is -1.58. The van der Waals surface area contributed by atoms with Gasteiger partial charge in [0.2, 0.25) is 0 Å². The molecule has 58 valence electrons. The minimum atomic E-state index is 0.902. The molecule has 0 atom stereocenters. The molecule has 0 radical (unpaired) electrons. The highest BCUT2D eigenvalue weighted by molar-refractivity contribution is 7.13. The third-order valence-corrected chi connectivity index (χ3v) is 2.04. The summed E-state index contributed by atoms with van der Waals surface area (Å²) in [6.45, 7) is 0. The van der Waals surface area contributed by atoms with Gasteiger partial charge in [0.05, 0.1) is 9.75 Å². The SMILES string of the molecule is C#CC#Cc1ccc(C#CC#C)s1. The Kier molecular flexibility index (Phi) is 3.30. The molecule has 13 heavy (non-hydrogen) atoms. The van der Waals surface area contributed by atoms with Gasteiger partial charge in [0, 0.05) is 0 Å². The summed E-state index contributed by atoms with van der Waals surface area (Å²) in [6.07, 6.45) is 9.98. The average Bonchev–Trinajstić information content (AvgIpc) is 2.59. The summed E-state index contributed by atoms with van der Waals surface area (Å²) in [5.41, 5.74) is 0.